The first kappa shape index (κ1) is 15.2. The van der Waals surface area contributed by atoms with E-state index in [1.165, 1.54) is 18.6 Å². The number of rotatable bonds is 8. The van der Waals surface area contributed by atoms with Crippen LogP contribution in [0.25, 0.3) is 0 Å². The van der Waals surface area contributed by atoms with Crippen LogP contribution in [-0.2, 0) is 4.79 Å². The molecule has 1 aliphatic heterocycles. The number of primary amides is 1. The van der Waals surface area contributed by atoms with Crippen molar-refractivity contribution in [2.45, 2.75) is 37.4 Å². The lowest BCUT2D eigenvalue weighted by Gasteiger charge is -2.23. The van der Waals surface area contributed by atoms with Crippen LogP contribution in [0, 0.1) is 5.92 Å². The molecule has 2 N–H and O–H groups in total. The second kappa shape index (κ2) is 8.27. The molecule has 0 aliphatic carbocycles. The van der Waals surface area contributed by atoms with Crippen LogP contribution in [0.4, 0.5) is 0 Å². The Morgan fingerprint density at radius 2 is 2.24 bits per heavy atom. The predicted molar refractivity (Wildman–Crippen MR) is 78.2 cm³/mol. The van der Waals surface area contributed by atoms with Crippen molar-refractivity contribution >= 4 is 27.5 Å². The minimum Gasteiger partial charge on any atom is -0.370 e. The minimum absolute atomic E-state index is 0.162. The largest absolute Gasteiger partial charge is 0.370 e. The van der Waals surface area contributed by atoms with E-state index in [1.54, 1.807) is 0 Å². The Hall–Kier alpha value is 0.130. The van der Waals surface area contributed by atoms with E-state index in [0.29, 0.717) is 6.42 Å². The number of hydrogen-bond acceptors (Lipinski definition) is 4. The average molecular weight is 276 g/mol. The van der Waals surface area contributed by atoms with Crippen LogP contribution in [0.5, 0.6) is 0 Å². The van der Waals surface area contributed by atoms with Crippen molar-refractivity contribution < 1.29 is 4.79 Å². The van der Waals surface area contributed by atoms with Crippen LogP contribution >= 0.6 is 21.6 Å². The normalized spacial score (nSPS) is 21.9. The van der Waals surface area contributed by atoms with Crippen LogP contribution < -0.4 is 5.73 Å². The standard InChI is InChI=1S/C12H24N2OS2/c1-14(2)8-6-10(4-3-5-12(13)15)11-7-9-16-17-11/h10-11H,3-9H2,1-2H3,(H2,13,15). The Morgan fingerprint density at radius 3 is 2.76 bits per heavy atom. The van der Waals surface area contributed by atoms with Crippen molar-refractivity contribution in [1.29, 1.82) is 0 Å². The smallest absolute Gasteiger partial charge is 0.217 e. The summed E-state index contributed by atoms with van der Waals surface area (Å²) in [6.45, 7) is 1.14. The van der Waals surface area contributed by atoms with Crippen LogP contribution in [-0.4, -0.2) is 42.4 Å². The third-order valence-corrected chi connectivity index (χ3v) is 6.20. The molecule has 0 spiro atoms. The lowest BCUT2D eigenvalue weighted by molar-refractivity contribution is -0.118. The monoisotopic (exact) mass is 276 g/mol. The number of nitrogens with zero attached hydrogens (tertiary/aromatic N) is 1. The van der Waals surface area contributed by atoms with E-state index in [0.717, 1.165) is 30.6 Å². The fourth-order valence-electron chi connectivity index (χ4n) is 2.14. The van der Waals surface area contributed by atoms with E-state index in [1.807, 2.05) is 21.6 Å². The number of nitrogens with two attached hydrogens (primary N) is 1. The molecule has 5 heteroatoms. The van der Waals surface area contributed by atoms with Gasteiger partial charge in [-0.15, -0.1) is 0 Å². The summed E-state index contributed by atoms with van der Waals surface area (Å²) in [5.41, 5.74) is 5.20. The van der Waals surface area contributed by atoms with Crippen molar-refractivity contribution in [3.8, 4) is 0 Å². The van der Waals surface area contributed by atoms with E-state index < -0.39 is 0 Å². The molecule has 0 aromatic rings. The van der Waals surface area contributed by atoms with Gasteiger partial charge in [-0.25, -0.2) is 0 Å². The van der Waals surface area contributed by atoms with Gasteiger partial charge in [-0.05, 0) is 52.2 Å². The Balaban J connectivity index is 2.32. The molecule has 0 bridgehead atoms. The molecule has 0 radical (unpaired) electrons. The maximum atomic E-state index is 10.8. The maximum Gasteiger partial charge on any atom is 0.217 e. The molecule has 0 aromatic carbocycles. The Bertz CT molecular complexity index is 231. The highest BCUT2D eigenvalue weighted by Crippen LogP contribution is 2.43. The van der Waals surface area contributed by atoms with Gasteiger partial charge in [-0.3, -0.25) is 4.79 Å². The summed E-state index contributed by atoms with van der Waals surface area (Å²) in [6, 6.07) is 0. The lowest BCUT2D eigenvalue weighted by Crippen LogP contribution is -2.23. The molecule has 3 nitrogen and oxygen atoms in total. The van der Waals surface area contributed by atoms with Gasteiger partial charge in [0.15, 0.2) is 0 Å². The third-order valence-electron chi connectivity index (χ3n) is 3.15. The first-order valence-electron chi connectivity index (χ1n) is 6.31. The second-order valence-corrected chi connectivity index (χ2v) is 7.68. The Morgan fingerprint density at radius 1 is 1.47 bits per heavy atom. The first-order chi connectivity index (χ1) is 8.09. The average Bonchev–Trinajstić information content (AvgIpc) is 2.75. The fourth-order valence-corrected chi connectivity index (χ4v) is 5.42. The van der Waals surface area contributed by atoms with E-state index in [4.69, 9.17) is 5.73 Å². The summed E-state index contributed by atoms with van der Waals surface area (Å²) in [7, 11) is 8.28. The van der Waals surface area contributed by atoms with E-state index >= 15 is 0 Å². The predicted octanol–water partition coefficient (Wildman–Crippen LogP) is 2.36. The van der Waals surface area contributed by atoms with Crippen LogP contribution in [0.3, 0.4) is 0 Å². The molecule has 17 heavy (non-hydrogen) atoms. The van der Waals surface area contributed by atoms with Crippen LogP contribution in [0.15, 0.2) is 0 Å². The summed E-state index contributed by atoms with van der Waals surface area (Å²) in [5.74, 6) is 1.87. The molecule has 1 rings (SSSR count). The Kier molecular flexibility index (Phi) is 7.39. The minimum atomic E-state index is -0.162. The van der Waals surface area contributed by atoms with Gasteiger partial charge in [0.1, 0.15) is 0 Å². The Labute approximate surface area is 113 Å². The van der Waals surface area contributed by atoms with Crippen molar-refractivity contribution in [2.24, 2.45) is 11.7 Å². The van der Waals surface area contributed by atoms with Gasteiger partial charge in [-0.2, -0.15) is 0 Å². The number of carbonyl (C=O) groups excluding carboxylic acids is 1. The summed E-state index contributed by atoms with van der Waals surface area (Å²) in [4.78, 5) is 13.0. The van der Waals surface area contributed by atoms with Crippen LogP contribution in [0.2, 0.25) is 0 Å². The van der Waals surface area contributed by atoms with Gasteiger partial charge in [-0.1, -0.05) is 21.6 Å². The summed E-state index contributed by atoms with van der Waals surface area (Å²) < 4.78 is 0. The van der Waals surface area contributed by atoms with Gasteiger partial charge >= 0.3 is 0 Å². The van der Waals surface area contributed by atoms with Crippen molar-refractivity contribution in [3.63, 3.8) is 0 Å². The van der Waals surface area contributed by atoms with E-state index in [2.05, 4.69) is 19.0 Å². The topological polar surface area (TPSA) is 46.3 Å². The maximum absolute atomic E-state index is 10.8. The summed E-state index contributed by atoms with van der Waals surface area (Å²) in [5, 5.41) is 0.785. The summed E-state index contributed by atoms with van der Waals surface area (Å²) >= 11 is 0. The number of carbonyl (C=O) groups is 1. The molecular formula is C12H24N2OS2. The van der Waals surface area contributed by atoms with Gasteiger partial charge in [0.2, 0.25) is 5.91 Å². The molecule has 0 saturated carbocycles. The van der Waals surface area contributed by atoms with E-state index in [-0.39, 0.29) is 5.91 Å². The van der Waals surface area contributed by atoms with Crippen LogP contribution in [0.1, 0.15) is 32.1 Å². The molecule has 2 atom stereocenters. The quantitative estimate of drug-likeness (QED) is 0.691. The molecule has 1 amide bonds. The molecule has 1 heterocycles. The molecule has 2 unspecified atom stereocenters. The lowest BCUT2D eigenvalue weighted by atomic mass is 9.93. The van der Waals surface area contributed by atoms with Gasteiger partial charge < -0.3 is 10.6 Å². The van der Waals surface area contributed by atoms with Crippen molar-refractivity contribution in [2.75, 3.05) is 26.4 Å². The zero-order valence-electron chi connectivity index (χ0n) is 10.9. The highest BCUT2D eigenvalue weighted by molar-refractivity contribution is 8.77. The third kappa shape index (κ3) is 6.58. The second-order valence-electron chi connectivity index (χ2n) is 4.96. The zero-order chi connectivity index (χ0) is 12.7. The highest BCUT2D eigenvalue weighted by Gasteiger charge is 2.25. The van der Waals surface area contributed by atoms with Crippen molar-refractivity contribution in [3.05, 3.63) is 0 Å². The van der Waals surface area contributed by atoms with Gasteiger partial charge in [0.05, 0.1) is 0 Å². The zero-order valence-corrected chi connectivity index (χ0v) is 12.5. The molecule has 0 aromatic heterocycles. The first-order valence-corrected chi connectivity index (χ1v) is 8.69. The number of hydrogen-bond donors (Lipinski definition) is 1. The SMILES string of the molecule is CN(C)CCC(CCCC(N)=O)C1CCSS1. The fraction of sp³-hybridized carbons (Fsp3) is 0.917. The van der Waals surface area contributed by atoms with Gasteiger partial charge in [0.25, 0.3) is 0 Å². The molecular weight excluding hydrogens is 252 g/mol. The highest BCUT2D eigenvalue weighted by atomic mass is 33.1. The van der Waals surface area contributed by atoms with E-state index in [9.17, 15) is 4.79 Å². The molecule has 1 fully saturated rings. The van der Waals surface area contributed by atoms with Gasteiger partial charge in [0, 0.05) is 17.4 Å². The summed E-state index contributed by atoms with van der Waals surface area (Å²) in [6.07, 6.45) is 5.21. The van der Waals surface area contributed by atoms with Crippen molar-refractivity contribution in [1.82, 2.24) is 4.90 Å². The molecule has 1 aliphatic rings. The molecule has 100 valence electrons. The molecule has 1 saturated heterocycles. The number of amides is 1.